The minimum atomic E-state index is -4.42. The van der Waals surface area contributed by atoms with Crippen molar-refractivity contribution in [1.29, 1.82) is 0 Å². The van der Waals surface area contributed by atoms with Crippen LogP contribution in [0.2, 0.25) is 0 Å². The van der Waals surface area contributed by atoms with E-state index in [4.69, 9.17) is 0 Å². The summed E-state index contributed by atoms with van der Waals surface area (Å²) in [5, 5.41) is 2.02. The molecule has 0 spiro atoms. The SMILES string of the molecule is O=C(c1ccc(OCC(F)(F)F)nc1)N1CC=C(c2cccs2)CC1. The van der Waals surface area contributed by atoms with Gasteiger partial charge in [0.2, 0.25) is 5.88 Å². The maximum absolute atomic E-state index is 12.5. The van der Waals surface area contributed by atoms with Crippen LogP contribution in [0.5, 0.6) is 5.88 Å². The van der Waals surface area contributed by atoms with Crippen LogP contribution in [0.1, 0.15) is 21.7 Å². The summed E-state index contributed by atoms with van der Waals surface area (Å²) in [6.45, 7) is -0.316. The Morgan fingerprint density at radius 1 is 1.32 bits per heavy atom. The molecule has 1 aliphatic rings. The molecule has 3 rings (SSSR count). The molecule has 8 heteroatoms. The van der Waals surface area contributed by atoms with E-state index < -0.39 is 12.8 Å². The van der Waals surface area contributed by atoms with E-state index in [1.807, 2.05) is 17.5 Å². The molecule has 0 saturated heterocycles. The average molecular weight is 368 g/mol. The normalized spacial score (nSPS) is 15.0. The number of hydrogen-bond acceptors (Lipinski definition) is 4. The van der Waals surface area contributed by atoms with Crippen LogP contribution >= 0.6 is 11.3 Å². The van der Waals surface area contributed by atoms with Gasteiger partial charge >= 0.3 is 6.18 Å². The number of halogens is 3. The Morgan fingerprint density at radius 3 is 2.72 bits per heavy atom. The molecular formula is C17H15F3N2O2S. The Balaban J connectivity index is 1.60. The Bertz CT molecular complexity index is 755. The molecule has 0 aliphatic carbocycles. The number of nitrogens with zero attached hydrogens (tertiary/aromatic N) is 2. The van der Waals surface area contributed by atoms with Gasteiger partial charge in [0.25, 0.3) is 5.91 Å². The summed E-state index contributed by atoms with van der Waals surface area (Å²) in [7, 11) is 0. The van der Waals surface area contributed by atoms with E-state index in [1.54, 1.807) is 16.2 Å². The molecule has 0 unspecified atom stereocenters. The van der Waals surface area contributed by atoms with Gasteiger partial charge in [-0.15, -0.1) is 11.3 Å². The van der Waals surface area contributed by atoms with Gasteiger partial charge in [0.1, 0.15) is 0 Å². The summed E-state index contributed by atoms with van der Waals surface area (Å²) in [6.07, 6.45) is -0.378. The van der Waals surface area contributed by atoms with Crippen molar-refractivity contribution in [2.45, 2.75) is 12.6 Å². The van der Waals surface area contributed by atoms with Crippen LogP contribution < -0.4 is 4.74 Å². The van der Waals surface area contributed by atoms with Crippen LogP contribution in [0.25, 0.3) is 5.57 Å². The number of rotatable bonds is 4. The third-order valence-electron chi connectivity index (χ3n) is 3.70. The van der Waals surface area contributed by atoms with Crippen molar-refractivity contribution in [2.24, 2.45) is 0 Å². The van der Waals surface area contributed by atoms with Gasteiger partial charge < -0.3 is 9.64 Å². The van der Waals surface area contributed by atoms with Crippen LogP contribution in [0.4, 0.5) is 13.2 Å². The van der Waals surface area contributed by atoms with Crippen molar-refractivity contribution in [3.05, 3.63) is 52.4 Å². The molecule has 3 heterocycles. The number of carbonyl (C=O) groups excluding carboxylic acids is 1. The summed E-state index contributed by atoms with van der Waals surface area (Å²) in [5.74, 6) is -0.358. The summed E-state index contributed by atoms with van der Waals surface area (Å²) >= 11 is 1.67. The van der Waals surface area contributed by atoms with Gasteiger partial charge in [-0.3, -0.25) is 4.79 Å². The number of pyridine rings is 1. The van der Waals surface area contributed by atoms with Crippen molar-refractivity contribution < 1.29 is 22.7 Å². The third kappa shape index (κ3) is 4.60. The van der Waals surface area contributed by atoms with Crippen LogP contribution in [0, 0.1) is 0 Å². The van der Waals surface area contributed by atoms with Crippen molar-refractivity contribution in [3.63, 3.8) is 0 Å². The quantitative estimate of drug-likeness (QED) is 0.819. The number of hydrogen-bond donors (Lipinski definition) is 0. The minimum Gasteiger partial charge on any atom is -0.468 e. The minimum absolute atomic E-state index is 0.160. The van der Waals surface area contributed by atoms with Gasteiger partial charge in [0.05, 0.1) is 5.56 Å². The fourth-order valence-electron chi connectivity index (χ4n) is 2.47. The van der Waals surface area contributed by atoms with E-state index in [2.05, 4.69) is 15.8 Å². The molecule has 0 bridgehead atoms. The second-order valence-corrected chi connectivity index (χ2v) is 6.44. The Labute approximate surface area is 146 Å². The molecule has 0 fully saturated rings. The zero-order valence-electron chi connectivity index (χ0n) is 13.1. The topological polar surface area (TPSA) is 42.4 Å². The van der Waals surface area contributed by atoms with Crippen LogP contribution in [0.15, 0.2) is 41.9 Å². The zero-order chi connectivity index (χ0) is 17.9. The number of carbonyl (C=O) groups is 1. The lowest BCUT2D eigenvalue weighted by molar-refractivity contribution is -0.154. The summed E-state index contributed by atoms with van der Waals surface area (Å²) < 4.78 is 40.9. The number of ether oxygens (including phenoxy) is 1. The van der Waals surface area contributed by atoms with Crippen molar-refractivity contribution >= 4 is 22.8 Å². The first-order chi connectivity index (χ1) is 11.9. The molecule has 25 heavy (non-hydrogen) atoms. The molecule has 2 aromatic rings. The first kappa shape index (κ1) is 17.5. The maximum atomic E-state index is 12.5. The zero-order valence-corrected chi connectivity index (χ0v) is 13.9. The van der Waals surface area contributed by atoms with E-state index in [0.29, 0.717) is 18.7 Å². The van der Waals surface area contributed by atoms with Crippen molar-refractivity contribution in [2.75, 3.05) is 19.7 Å². The van der Waals surface area contributed by atoms with Gasteiger partial charge in [-0.1, -0.05) is 12.1 Å². The lowest BCUT2D eigenvalue weighted by Gasteiger charge is -2.26. The summed E-state index contributed by atoms with van der Waals surface area (Å²) in [6, 6.07) is 6.75. The largest absolute Gasteiger partial charge is 0.468 e. The van der Waals surface area contributed by atoms with Gasteiger partial charge in [0, 0.05) is 30.2 Å². The highest BCUT2D eigenvalue weighted by Crippen LogP contribution is 2.26. The van der Waals surface area contributed by atoms with E-state index in [1.165, 1.54) is 28.8 Å². The first-order valence-corrected chi connectivity index (χ1v) is 8.48. The van der Waals surface area contributed by atoms with Crippen molar-refractivity contribution in [1.82, 2.24) is 9.88 Å². The molecule has 4 nitrogen and oxygen atoms in total. The Morgan fingerprint density at radius 2 is 2.16 bits per heavy atom. The maximum Gasteiger partial charge on any atom is 0.422 e. The highest BCUT2D eigenvalue weighted by atomic mass is 32.1. The third-order valence-corrected chi connectivity index (χ3v) is 4.65. The van der Waals surface area contributed by atoms with Crippen LogP contribution in [-0.2, 0) is 0 Å². The molecule has 0 N–H and O–H groups in total. The molecule has 1 amide bonds. The van der Waals surface area contributed by atoms with Gasteiger partial charge in [-0.25, -0.2) is 4.98 Å². The highest BCUT2D eigenvalue weighted by molar-refractivity contribution is 7.11. The van der Waals surface area contributed by atoms with Crippen molar-refractivity contribution in [3.8, 4) is 5.88 Å². The molecule has 1 aliphatic heterocycles. The predicted octanol–water partition coefficient (Wildman–Crippen LogP) is 4.01. The smallest absolute Gasteiger partial charge is 0.422 e. The number of alkyl halides is 3. The number of thiophene rings is 1. The molecule has 0 atom stereocenters. The first-order valence-electron chi connectivity index (χ1n) is 7.60. The highest BCUT2D eigenvalue weighted by Gasteiger charge is 2.28. The Kier molecular flexibility index (Phi) is 5.08. The molecule has 2 aromatic heterocycles. The van der Waals surface area contributed by atoms with Gasteiger partial charge in [0.15, 0.2) is 6.61 Å². The Hall–Kier alpha value is -2.35. The molecule has 0 radical (unpaired) electrons. The number of aromatic nitrogens is 1. The summed E-state index contributed by atoms with van der Waals surface area (Å²) in [5.41, 5.74) is 1.56. The predicted molar refractivity (Wildman–Crippen MR) is 88.6 cm³/mol. The van der Waals surface area contributed by atoms with Gasteiger partial charge in [-0.05, 0) is 29.5 Å². The second kappa shape index (κ2) is 7.26. The second-order valence-electron chi connectivity index (χ2n) is 5.50. The summed E-state index contributed by atoms with van der Waals surface area (Å²) in [4.78, 5) is 19.1. The van der Waals surface area contributed by atoms with E-state index in [9.17, 15) is 18.0 Å². The lowest BCUT2D eigenvalue weighted by atomic mass is 10.1. The average Bonchev–Trinajstić information content (AvgIpc) is 3.14. The molecule has 132 valence electrons. The number of amides is 1. The van der Waals surface area contributed by atoms with Gasteiger partial charge in [-0.2, -0.15) is 13.2 Å². The van der Waals surface area contributed by atoms with E-state index in [0.717, 1.165) is 6.42 Å². The van der Waals surface area contributed by atoms with Crippen LogP contribution in [0.3, 0.4) is 0 Å². The molecule has 0 aromatic carbocycles. The van der Waals surface area contributed by atoms with Crippen LogP contribution in [-0.4, -0.2) is 41.7 Å². The molecular weight excluding hydrogens is 353 g/mol. The standard InChI is InChI=1S/C17H15F3N2O2S/c18-17(19,20)11-24-15-4-3-13(10-21-15)16(23)22-7-5-12(6-8-22)14-2-1-9-25-14/h1-5,9-10H,6-8,11H2. The molecule has 0 saturated carbocycles. The fourth-order valence-corrected chi connectivity index (χ4v) is 3.27. The monoisotopic (exact) mass is 368 g/mol. The fraction of sp³-hybridized carbons (Fsp3) is 0.294. The lowest BCUT2D eigenvalue weighted by Crippen LogP contribution is -2.34. The van der Waals surface area contributed by atoms with E-state index in [-0.39, 0.29) is 11.8 Å². The van der Waals surface area contributed by atoms with E-state index >= 15 is 0 Å².